The molecule has 0 fully saturated rings. The number of aromatic nitrogens is 2. The van der Waals surface area contributed by atoms with Gasteiger partial charge in [0.2, 0.25) is 11.8 Å². The van der Waals surface area contributed by atoms with Crippen molar-refractivity contribution >= 4 is 28.6 Å². The van der Waals surface area contributed by atoms with E-state index in [1.807, 2.05) is 30.3 Å². The molecule has 2 aromatic heterocycles. The van der Waals surface area contributed by atoms with Crippen LogP contribution in [0.5, 0.6) is 0 Å². The van der Waals surface area contributed by atoms with Gasteiger partial charge in [-0.1, -0.05) is 24.3 Å². The molecule has 3 aromatic rings. The van der Waals surface area contributed by atoms with Crippen LogP contribution in [-0.2, 0) is 9.59 Å². The molecule has 0 spiro atoms. The molecule has 2 heterocycles. The minimum atomic E-state index is -0.469. The summed E-state index contributed by atoms with van der Waals surface area (Å²) in [7, 11) is 0. The van der Waals surface area contributed by atoms with Gasteiger partial charge in [-0.15, -0.1) is 0 Å². The van der Waals surface area contributed by atoms with Crippen molar-refractivity contribution < 1.29 is 14.4 Å². The maximum Gasteiger partial charge on any atom is 0.270 e. The van der Waals surface area contributed by atoms with Gasteiger partial charge in [0.1, 0.15) is 0 Å². The predicted molar refractivity (Wildman–Crippen MR) is 104 cm³/mol. The Labute approximate surface area is 161 Å². The fraction of sp³-hybridized carbons (Fsp3) is 0.150. The Morgan fingerprint density at radius 3 is 2.50 bits per heavy atom. The van der Waals surface area contributed by atoms with Crippen molar-refractivity contribution in [3.05, 3.63) is 60.3 Å². The number of hydrazine groups is 1. The van der Waals surface area contributed by atoms with Crippen LogP contribution >= 0.6 is 0 Å². The second-order valence-corrected chi connectivity index (χ2v) is 6.02. The molecule has 0 aliphatic heterocycles. The van der Waals surface area contributed by atoms with Crippen molar-refractivity contribution in [3.63, 3.8) is 0 Å². The Bertz CT molecular complexity index is 1020. The van der Waals surface area contributed by atoms with Crippen LogP contribution in [0, 0.1) is 0 Å². The number of hydrogen-bond acceptors (Lipinski definition) is 5. The average molecular weight is 377 g/mol. The zero-order valence-corrected chi connectivity index (χ0v) is 15.2. The van der Waals surface area contributed by atoms with Gasteiger partial charge in [0, 0.05) is 31.5 Å². The first-order valence-corrected chi connectivity index (χ1v) is 8.69. The van der Waals surface area contributed by atoms with E-state index in [0.29, 0.717) is 27.9 Å². The average Bonchev–Trinajstić information content (AvgIpc) is 2.71. The second kappa shape index (κ2) is 8.72. The third kappa shape index (κ3) is 4.67. The molecule has 8 nitrogen and oxygen atoms in total. The van der Waals surface area contributed by atoms with Crippen LogP contribution in [-0.4, -0.2) is 34.2 Å². The van der Waals surface area contributed by atoms with Crippen LogP contribution in [0.2, 0.25) is 0 Å². The van der Waals surface area contributed by atoms with Crippen LogP contribution in [0.1, 0.15) is 23.7 Å². The summed E-state index contributed by atoms with van der Waals surface area (Å²) in [5.74, 6) is -1.10. The van der Waals surface area contributed by atoms with E-state index in [-0.39, 0.29) is 18.9 Å². The van der Waals surface area contributed by atoms with Crippen LogP contribution < -0.4 is 16.2 Å². The first kappa shape index (κ1) is 19.0. The Morgan fingerprint density at radius 1 is 0.964 bits per heavy atom. The third-order valence-corrected chi connectivity index (χ3v) is 3.93. The molecule has 3 amide bonds. The molecule has 0 saturated carbocycles. The third-order valence-electron chi connectivity index (χ3n) is 3.93. The summed E-state index contributed by atoms with van der Waals surface area (Å²) in [4.78, 5) is 44.2. The van der Waals surface area contributed by atoms with Gasteiger partial charge in [-0.25, -0.2) is 4.98 Å². The smallest absolute Gasteiger partial charge is 0.270 e. The van der Waals surface area contributed by atoms with Gasteiger partial charge < -0.3 is 5.32 Å². The molecule has 0 bridgehead atoms. The van der Waals surface area contributed by atoms with Gasteiger partial charge in [-0.2, -0.15) is 0 Å². The zero-order valence-electron chi connectivity index (χ0n) is 15.2. The summed E-state index contributed by atoms with van der Waals surface area (Å²) in [6.07, 6.45) is 1.71. The molecule has 8 heteroatoms. The highest BCUT2D eigenvalue weighted by molar-refractivity contribution is 6.07. The Morgan fingerprint density at radius 2 is 1.75 bits per heavy atom. The van der Waals surface area contributed by atoms with E-state index in [2.05, 4.69) is 26.1 Å². The lowest BCUT2D eigenvalue weighted by molar-refractivity contribution is -0.122. The van der Waals surface area contributed by atoms with Crippen molar-refractivity contribution in [2.45, 2.75) is 13.3 Å². The number of rotatable bonds is 5. The van der Waals surface area contributed by atoms with E-state index in [0.717, 1.165) is 0 Å². The summed E-state index contributed by atoms with van der Waals surface area (Å²) in [6, 6.07) is 14.3. The number of carbonyl (C=O) groups is 3. The summed E-state index contributed by atoms with van der Waals surface area (Å²) in [6.45, 7) is 1.56. The topological polar surface area (TPSA) is 113 Å². The minimum absolute atomic E-state index is 0.0517. The fourth-order valence-electron chi connectivity index (χ4n) is 2.62. The highest BCUT2D eigenvalue weighted by atomic mass is 16.2. The highest BCUT2D eigenvalue weighted by Crippen LogP contribution is 2.23. The largest absolute Gasteiger partial charge is 0.356 e. The van der Waals surface area contributed by atoms with Crippen LogP contribution in [0.3, 0.4) is 0 Å². The highest BCUT2D eigenvalue weighted by Gasteiger charge is 2.15. The van der Waals surface area contributed by atoms with Gasteiger partial charge in [0.05, 0.1) is 22.5 Å². The zero-order chi connectivity index (χ0) is 19.9. The van der Waals surface area contributed by atoms with Gasteiger partial charge in [-0.05, 0) is 24.3 Å². The van der Waals surface area contributed by atoms with Gasteiger partial charge in [-0.3, -0.25) is 30.2 Å². The number of para-hydroxylation sites is 1. The van der Waals surface area contributed by atoms with Crippen LogP contribution in [0.15, 0.2) is 54.7 Å². The van der Waals surface area contributed by atoms with Gasteiger partial charge in [0.25, 0.3) is 5.91 Å². The Kier molecular flexibility index (Phi) is 5.91. The quantitative estimate of drug-likeness (QED) is 0.585. The SMILES string of the molecule is CC(=O)NCCC(=O)NNC(=O)c1cc(-c2ccccn2)nc2ccccc12. The van der Waals surface area contributed by atoms with Crippen LogP contribution in [0.4, 0.5) is 0 Å². The predicted octanol–water partition coefficient (Wildman–Crippen LogP) is 1.58. The van der Waals surface area contributed by atoms with Crippen molar-refractivity contribution in [1.29, 1.82) is 0 Å². The van der Waals surface area contributed by atoms with Crippen molar-refractivity contribution in [3.8, 4) is 11.4 Å². The number of carbonyl (C=O) groups excluding carboxylic acids is 3. The molecule has 142 valence electrons. The number of amides is 3. The molecule has 3 N–H and O–H groups in total. The van der Waals surface area contributed by atoms with E-state index in [9.17, 15) is 14.4 Å². The number of pyridine rings is 2. The number of nitrogens with zero attached hydrogens (tertiary/aromatic N) is 2. The number of nitrogens with one attached hydrogen (secondary N) is 3. The lowest BCUT2D eigenvalue weighted by Crippen LogP contribution is -2.42. The van der Waals surface area contributed by atoms with E-state index >= 15 is 0 Å². The van der Waals surface area contributed by atoms with Crippen molar-refractivity contribution in [2.75, 3.05) is 6.54 Å². The minimum Gasteiger partial charge on any atom is -0.356 e. The standard InChI is InChI=1S/C20H19N5O3/c1-13(26)21-11-9-19(27)24-25-20(28)15-12-18(17-8-4-5-10-22-17)23-16-7-3-2-6-14(15)16/h2-8,10,12H,9,11H2,1H3,(H,21,26)(H,24,27)(H,25,28). The lowest BCUT2D eigenvalue weighted by Gasteiger charge is -2.11. The molecule has 28 heavy (non-hydrogen) atoms. The number of benzene rings is 1. The first-order valence-electron chi connectivity index (χ1n) is 8.69. The molecule has 0 atom stereocenters. The van der Waals surface area contributed by atoms with E-state index in [4.69, 9.17) is 0 Å². The summed E-state index contributed by atoms with van der Waals surface area (Å²) >= 11 is 0. The molecule has 0 aliphatic carbocycles. The molecular formula is C20H19N5O3. The Balaban J connectivity index is 1.80. The summed E-state index contributed by atoms with van der Waals surface area (Å²) in [5, 5.41) is 3.18. The van der Waals surface area contributed by atoms with Gasteiger partial charge >= 0.3 is 0 Å². The fourth-order valence-corrected chi connectivity index (χ4v) is 2.62. The van der Waals surface area contributed by atoms with Crippen LogP contribution in [0.25, 0.3) is 22.3 Å². The normalized spacial score (nSPS) is 10.3. The van der Waals surface area contributed by atoms with Crippen molar-refractivity contribution in [1.82, 2.24) is 26.1 Å². The molecule has 0 unspecified atom stereocenters. The second-order valence-electron chi connectivity index (χ2n) is 6.02. The maximum atomic E-state index is 12.7. The molecular weight excluding hydrogens is 358 g/mol. The molecule has 3 rings (SSSR count). The molecule has 1 aromatic carbocycles. The summed E-state index contributed by atoms with van der Waals surface area (Å²) < 4.78 is 0. The molecule has 0 radical (unpaired) electrons. The van der Waals surface area contributed by atoms with Crippen molar-refractivity contribution in [2.24, 2.45) is 0 Å². The maximum absolute atomic E-state index is 12.7. The van der Waals surface area contributed by atoms with E-state index < -0.39 is 11.8 Å². The first-order chi connectivity index (χ1) is 13.5. The molecule has 0 aliphatic rings. The monoisotopic (exact) mass is 377 g/mol. The van der Waals surface area contributed by atoms with E-state index in [1.165, 1.54) is 6.92 Å². The lowest BCUT2D eigenvalue weighted by atomic mass is 10.1. The van der Waals surface area contributed by atoms with Gasteiger partial charge in [0.15, 0.2) is 0 Å². The molecule has 0 saturated heterocycles. The van der Waals surface area contributed by atoms with E-state index in [1.54, 1.807) is 24.4 Å². The number of fused-ring (bicyclic) bond motifs is 1. The summed E-state index contributed by atoms with van der Waals surface area (Å²) in [5.41, 5.74) is 6.97. The Hall–Kier alpha value is -3.81. The number of hydrogen-bond donors (Lipinski definition) is 3.